The normalized spacial score (nSPS) is 10.3. The zero-order valence-corrected chi connectivity index (χ0v) is 14.1. The van der Waals surface area contributed by atoms with Gasteiger partial charge in [-0.2, -0.15) is 4.98 Å². The highest BCUT2D eigenvalue weighted by molar-refractivity contribution is 5.64. The Labute approximate surface area is 139 Å². The Bertz CT molecular complexity index is 604. The number of hydrogen-bond acceptors (Lipinski definition) is 4. The van der Waals surface area contributed by atoms with Crippen molar-refractivity contribution in [2.75, 3.05) is 29.9 Å². The van der Waals surface area contributed by atoms with E-state index in [0.29, 0.717) is 6.54 Å². The highest BCUT2D eigenvalue weighted by Gasteiger charge is 2.12. The first-order valence-electron chi connectivity index (χ1n) is 8.32. The number of anilines is 2. The second kappa shape index (κ2) is 8.93. The highest BCUT2D eigenvalue weighted by Crippen LogP contribution is 2.23. The molecule has 1 aromatic heterocycles. The van der Waals surface area contributed by atoms with E-state index in [1.807, 2.05) is 30.3 Å². The zero-order chi connectivity index (χ0) is 16.5. The summed E-state index contributed by atoms with van der Waals surface area (Å²) in [5.74, 6) is 1.63. The van der Waals surface area contributed by atoms with Crippen LogP contribution in [0.15, 0.2) is 49.1 Å². The quantitative estimate of drug-likeness (QED) is 0.698. The molecule has 0 spiro atoms. The van der Waals surface area contributed by atoms with Crippen molar-refractivity contribution >= 4 is 11.8 Å². The Morgan fingerprint density at radius 1 is 1.09 bits per heavy atom. The fourth-order valence-corrected chi connectivity index (χ4v) is 2.45. The summed E-state index contributed by atoms with van der Waals surface area (Å²) in [6.45, 7) is 10.7. The fraction of sp³-hybridized carbons (Fsp3) is 0.368. The summed E-state index contributed by atoms with van der Waals surface area (Å²) in [6.07, 6.45) is 3.99. The van der Waals surface area contributed by atoms with Gasteiger partial charge < -0.3 is 10.2 Å². The molecule has 0 unspecified atom stereocenters. The molecule has 0 bridgehead atoms. The van der Waals surface area contributed by atoms with Crippen LogP contribution in [0.1, 0.15) is 26.7 Å². The van der Waals surface area contributed by atoms with Crippen LogP contribution in [0.4, 0.5) is 11.8 Å². The molecule has 0 amide bonds. The summed E-state index contributed by atoms with van der Waals surface area (Å²) >= 11 is 0. The molecule has 0 aliphatic carbocycles. The van der Waals surface area contributed by atoms with Crippen LogP contribution < -0.4 is 10.2 Å². The topological polar surface area (TPSA) is 41.1 Å². The first-order valence-corrected chi connectivity index (χ1v) is 8.32. The van der Waals surface area contributed by atoms with Crippen molar-refractivity contribution in [2.24, 2.45) is 0 Å². The summed E-state index contributed by atoms with van der Waals surface area (Å²) in [4.78, 5) is 11.7. The van der Waals surface area contributed by atoms with Crippen LogP contribution in [0.3, 0.4) is 0 Å². The molecule has 4 nitrogen and oxygen atoms in total. The first kappa shape index (κ1) is 17.0. The van der Waals surface area contributed by atoms with E-state index in [1.54, 1.807) is 0 Å². The number of rotatable bonds is 9. The van der Waals surface area contributed by atoms with Gasteiger partial charge in [0.1, 0.15) is 5.82 Å². The molecule has 1 aromatic carbocycles. The minimum absolute atomic E-state index is 0.687. The highest BCUT2D eigenvalue weighted by atomic mass is 15.3. The lowest BCUT2D eigenvalue weighted by Crippen LogP contribution is -2.27. The Morgan fingerprint density at radius 2 is 1.78 bits per heavy atom. The number of aromatic nitrogens is 2. The fourth-order valence-electron chi connectivity index (χ4n) is 2.45. The van der Waals surface area contributed by atoms with Gasteiger partial charge >= 0.3 is 0 Å². The Balaban J connectivity index is 2.41. The van der Waals surface area contributed by atoms with Crippen molar-refractivity contribution in [3.8, 4) is 11.3 Å². The predicted molar refractivity (Wildman–Crippen MR) is 98.9 cm³/mol. The van der Waals surface area contributed by atoms with Gasteiger partial charge in [0.05, 0.1) is 5.69 Å². The molecule has 23 heavy (non-hydrogen) atoms. The van der Waals surface area contributed by atoms with Crippen LogP contribution >= 0.6 is 0 Å². The molecule has 2 rings (SSSR count). The third-order valence-corrected chi connectivity index (χ3v) is 3.48. The van der Waals surface area contributed by atoms with Crippen LogP contribution in [0, 0.1) is 0 Å². The molecule has 1 heterocycles. The largest absolute Gasteiger partial charge is 0.366 e. The number of hydrogen-bond donors (Lipinski definition) is 1. The van der Waals surface area contributed by atoms with Crippen molar-refractivity contribution in [3.63, 3.8) is 0 Å². The SMILES string of the molecule is C=CCNc1cc(-c2ccccc2)nc(N(CCC)CCC)n1. The summed E-state index contributed by atoms with van der Waals surface area (Å²) in [6, 6.07) is 12.2. The molecule has 4 heteroatoms. The maximum Gasteiger partial charge on any atom is 0.227 e. The Hall–Kier alpha value is -2.36. The Morgan fingerprint density at radius 3 is 2.39 bits per heavy atom. The van der Waals surface area contributed by atoms with Gasteiger partial charge in [-0.1, -0.05) is 50.3 Å². The molecule has 0 atom stereocenters. The van der Waals surface area contributed by atoms with Crippen LogP contribution in [0.25, 0.3) is 11.3 Å². The minimum Gasteiger partial charge on any atom is -0.366 e. The van der Waals surface area contributed by atoms with E-state index >= 15 is 0 Å². The zero-order valence-electron chi connectivity index (χ0n) is 14.1. The van der Waals surface area contributed by atoms with Crippen LogP contribution in [0.2, 0.25) is 0 Å². The molecule has 1 N–H and O–H groups in total. The monoisotopic (exact) mass is 310 g/mol. The van der Waals surface area contributed by atoms with Crippen molar-refractivity contribution in [1.29, 1.82) is 0 Å². The second-order valence-electron chi connectivity index (χ2n) is 5.46. The summed E-state index contributed by atoms with van der Waals surface area (Å²) in [5.41, 5.74) is 2.05. The van der Waals surface area contributed by atoms with Gasteiger partial charge in [0.25, 0.3) is 0 Å². The minimum atomic E-state index is 0.687. The third-order valence-electron chi connectivity index (χ3n) is 3.48. The van der Waals surface area contributed by atoms with Crippen molar-refractivity contribution in [1.82, 2.24) is 9.97 Å². The molecule has 0 saturated carbocycles. The summed E-state index contributed by atoms with van der Waals surface area (Å²) in [7, 11) is 0. The van der Waals surface area contributed by atoms with E-state index in [1.165, 1.54) is 0 Å². The van der Waals surface area contributed by atoms with Crippen LogP contribution in [-0.4, -0.2) is 29.6 Å². The smallest absolute Gasteiger partial charge is 0.227 e. The summed E-state index contributed by atoms with van der Waals surface area (Å²) < 4.78 is 0. The van der Waals surface area contributed by atoms with Gasteiger partial charge in [0.15, 0.2) is 0 Å². The van der Waals surface area contributed by atoms with E-state index in [9.17, 15) is 0 Å². The van der Waals surface area contributed by atoms with Crippen molar-refractivity contribution < 1.29 is 0 Å². The average Bonchev–Trinajstić information content (AvgIpc) is 2.60. The maximum absolute atomic E-state index is 4.80. The van der Waals surface area contributed by atoms with E-state index < -0.39 is 0 Å². The Kier molecular flexibility index (Phi) is 6.60. The first-order chi connectivity index (χ1) is 11.3. The molecule has 0 radical (unpaired) electrons. The van der Waals surface area contributed by atoms with Crippen molar-refractivity contribution in [2.45, 2.75) is 26.7 Å². The average molecular weight is 310 g/mol. The van der Waals surface area contributed by atoms with Crippen molar-refractivity contribution in [3.05, 3.63) is 49.1 Å². The maximum atomic E-state index is 4.80. The summed E-state index contributed by atoms with van der Waals surface area (Å²) in [5, 5.41) is 3.29. The molecular weight excluding hydrogens is 284 g/mol. The molecule has 0 aliphatic rings. The number of nitrogens with one attached hydrogen (secondary N) is 1. The van der Waals surface area contributed by atoms with Gasteiger partial charge in [-0.15, -0.1) is 6.58 Å². The van der Waals surface area contributed by atoms with Gasteiger partial charge in [0.2, 0.25) is 5.95 Å². The lowest BCUT2D eigenvalue weighted by Gasteiger charge is -2.22. The number of benzene rings is 1. The van der Waals surface area contributed by atoms with Gasteiger partial charge in [0, 0.05) is 31.3 Å². The molecule has 0 fully saturated rings. The van der Waals surface area contributed by atoms with E-state index in [2.05, 4.69) is 47.8 Å². The molecule has 0 aliphatic heterocycles. The third kappa shape index (κ3) is 4.81. The molecule has 0 saturated heterocycles. The van der Waals surface area contributed by atoms with Gasteiger partial charge in [-0.05, 0) is 12.8 Å². The van der Waals surface area contributed by atoms with Gasteiger partial charge in [-0.3, -0.25) is 0 Å². The van der Waals surface area contributed by atoms with Gasteiger partial charge in [-0.25, -0.2) is 4.98 Å². The van der Waals surface area contributed by atoms with Crippen LogP contribution in [0.5, 0.6) is 0 Å². The number of nitrogens with zero attached hydrogens (tertiary/aromatic N) is 3. The van der Waals surface area contributed by atoms with Crippen LogP contribution in [-0.2, 0) is 0 Å². The second-order valence-corrected chi connectivity index (χ2v) is 5.46. The molecule has 122 valence electrons. The lowest BCUT2D eigenvalue weighted by molar-refractivity contribution is 0.722. The standard InChI is InChI=1S/C19H26N4/c1-4-12-20-18-15-17(16-10-8-7-9-11-16)21-19(22-18)23(13-5-2)14-6-3/h4,7-11,15H,1,5-6,12-14H2,2-3H3,(H,20,21,22). The molecular formula is C19H26N4. The lowest BCUT2D eigenvalue weighted by atomic mass is 10.1. The predicted octanol–water partition coefficient (Wildman–Crippen LogP) is 4.37. The molecule has 2 aromatic rings. The van der Waals surface area contributed by atoms with E-state index in [0.717, 1.165) is 49.0 Å². The van der Waals surface area contributed by atoms with E-state index in [-0.39, 0.29) is 0 Å². The van der Waals surface area contributed by atoms with E-state index in [4.69, 9.17) is 4.98 Å².